The topological polar surface area (TPSA) is 58.2 Å². The number of unbranched alkanes of at least 4 members (excludes halogenated alkanes) is 2. The summed E-state index contributed by atoms with van der Waals surface area (Å²) in [7, 11) is 0. The molecular weight excluding hydrogens is 296 g/mol. The average molecular weight is 322 g/mol. The van der Waals surface area contributed by atoms with E-state index in [2.05, 4.69) is 17.6 Å². The molecule has 0 radical (unpaired) electrons. The fourth-order valence-electron chi connectivity index (χ4n) is 1.96. The Morgan fingerprint density at radius 2 is 1.91 bits per heavy atom. The van der Waals surface area contributed by atoms with Gasteiger partial charge in [-0.05, 0) is 32.4 Å². The van der Waals surface area contributed by atoms with Crippen molar-refractivity contribution < 1.29 is 9.59 Å². The first kappa shape index (κ1) is 18.6. The van der Waals surface area contributed by atoms with E-state index in [-0.39, 0.29) is 17.9 Å². The Balaban J connectivity index is 2.57. The van der Waals surface area contributed by atoms with Crippen LogP contribution in [0, 0.1) is 0 Å². The predicted molar refractivity (Wildman–Crippen MR) is 92.3 cm³/mol. The monoisotopic (exact) mass is 322 g/mol. The number of rotatable bonds is 9. The second-order valence-electron chi connectivity index (χ2n) is 5.47. The summed E-state index contributed by atoms with van der Waals surface area (Å²) in [5.74, 6) is 0.236. The number of hydrogen-bond acceptors (Lipinski definition) is 3. The molecule has 1 aromatic carbocycles. The number of amides is 2. The molecule has 0 fully saturated rings. The van der Waals surface area contributed by atoms with Crippen molar-refractivity contribution >= 4 is 23.6 Å². The first-order valence-corrected chi connectivity index (χ1v) is 8.82. The molecule has 22 heavy (non-hydrogen) atoms. The van der Waals surface area contributed by atoms with Crippen LogP contribution < -0.4 is 10.6 Å². The van der Waals surface area contributed by atoms with Crippen molar-refractivity contribution in [3.8, 4) is 0 Å². The van der Waals surface area contributed by atoms with Crippen molar-refractivity contribution in [2.45, 2.75) is 51.0 Å². The standard InChI is InChI=1S/C17H26N2O2S/c1-4-5-8-11-18-17(21)14-9-6-7-10-15(14)22-12-16(20)19-13(2)3/h6-7,9-10,13H,4-5,8,11-12H2,1-3H3,(H,18,21)(H,19,20). The number of carbonyl (C=O) groups is 2. The molecule has 0 aliphatic carbocycles. The molecule has 0 aliphatic heterocycles. The second-order valence-corrected chi connectivity index (χ2v) is 6.49. The zero-order valence-electron chi connectivity index (χ0n) is 13.6. The maximum atomic E-state index is 12.2. The fourth-order valence-corrected chi connectivity index (χ4v) is 2.82. The summed E-state index contributed by atoms with van der Waals surface area (Å²) in [6, 6.07) is 7.55. The third-order valence-corrected chi connectivity index (χ3v) is 4.08. The van der Waals surface area contributed by atoms with Gasteiger partial charge >= 0.3 is 0 Å². The summed E-state index contributed by atoms with van der Waals surface area (Å²) in [5.41, 5.74) is 0.640. The van der Waals surface area contributed by atoms with E-state index >= 15 is 0 Å². The van der Waals surface area contributed by atoms with Gasteiger partial charge in [0.25, 0.3) is 5.91 Å². The predicted octanol–water partition coefficient (Wildman–Crippen LogP) is 3.22. The lowest BCUT2D eigenvalue weighted by Gasteiger charge is -2.11. The van der Waals surface area contributed by atoms with E-state index in [1.807, 2.05) is 32.0 Å². The molecular formula is C17H26N2O2S. The highest BCUT2D eigenvalue weighted by Crippen LogP contribution is 2.22. The molecule has 0 heterocycles. The van der Waals surface area contributed by atoms with E-state index in [1.165, 1.54) is 11.8 Å². The summed E-state index contributed by atoms with van der Waals surface area (Å²) in [6.45, 7) is 6.69. The lowest BCUT2D eigenvalue weighted by atomic mass is 10.2. The van der Waals surface area contributed by atoms with E-state index in [1.54, 1.807) is 6.07 Å². The van der Waals surface area contributed by atoms with Gasteiger partial charge in [-0.1, -0.05) is 31.9 Å². The summed E-state index contributed by atoms with van der Waals surface area (Å²) in [4.78, 5) is 24.8. The highest BCUT2D eigenvalue weighted by atomic mass is 32.2. The van der Waals surface area contributed by atoms with Crippen LogP contribution in [0.15, 0.2) is 29.2 Å². The molecule has 122 valence electrons. The third kappa shape index (κ3) is 6.98. The van der Waals surface area contributed by atoms with Gasteiger partial charge < -0.3 is 10.6 Å². The fraction of sp³-hybridized carbons (Fsp3) is 0.529. The van der Waals surface area contributed by atoms with Gasteiger partial charge in [-0.3, -0.25) is 9.59 Å². The normalized spacial score (nSPS) is 10.5. The van der Waals surface area contributed by atoms with Crippen LogP contribution in [0.1, 0.15) is 50.4 Å². The molecule has 5 heteroatoms. The van der Waals surface area contributed by atoms with Crippen molar-refractivity contribution in [3.63, 3.8) is 0 Å². The number of benzene rings is 1. The van der Waals surface area contributed by atoms with E-state index < -0.39 is 0 Å². The molecule has 0 aliphatic rings. The van der Waals surface area contributed by atoms with Crippen LogP contribution in [0.4, 0.5) is 0 Å². The molecule has 1 rings (SSSR count). The highest BCUT2D eigenvalue weighted by molar-refractivity contribution is 8.00. The molecule has 0 atom stereocenters. The molecule has 2 amide bonds. The smallest absolute Gasteiger partial charge is 0.252 e. The van der Waals surface area contributed by atoms with E-state index in [0.29, 0.717) is 17.9 Å². The van der Waals surface area contributed by atoms with Crippen LogP contribution in [0.25, 0.3) is 0 Å². The minimum Gasteiger partial charge on any atom is -0.353 e. The molecule has 0 saturated carbocycles. The molecule has 0 aromatic heterocycles. The third-order valence-electron chi connectivity index (χ3n) is 3.01. The van der Waals surface area contributed by atoms with Crippen molar-refractivity contribution in [1.82, 2.24) is 10.6 Å². The summed E-state index contributed by atoms with van der Waals surface area (Å²) >= 11 is 1.40. The van der Waals surface area contributed by atoms with Crippen molar-refractivity contribution in [1.29, 1.82) is 0 Å². The molecule has 0 spiro atoms. The van der Waals surface area contributed by atoms with Crippen LogP contribution in [0.5, 0.6) is 0 Å². The summed E-state index contributed by atoms with van der Waals surface area (Å²) < 4.78 is 0. The average Bonchev–Trinajstić information content (AvgIpc) is 2.49. The molecule has 1 aromatic rings. The Kier molecular flexibility index (Phi) is 8.67. The molecule has 4 nitrogen and oxygen atoms in total. The van der Waals surface area contributed by atoms with Gasteiger partial charge in [0.05, 0.1) is 11.3 Å². The van der Waals surface area contributed by atoms with Crippen molar-refractivity contribution in [2.24, 2.45) is 0 Å². The van der Waals surface area contributed by atoms with Gasteiger partial charge in [0.1, 0.15) is 0 Å². The quantitative estimate of drug-likeness (QED) is 0.542. The SMILES string of the molecule is CCCCCNC(=O)c1ccccc1SCC(=O)NC(C)C. The van der Waals surface area contributed by atoms with Gasteiger partial charge in [-0.2, -0.15) is 0 Å². The molecule has 0 bridgehead atoms. The van der Waals surface area contributed by atoms with Crippen LogP contribution in [-0.2, 0) is 4.79 Å². The molecule has 2 N–H and O–H groups in total. The lowest BCUT2D eigenvalue weighted by Crippen LogP contribution is -2.31. The maximum absolute atomic E-state index is 12.2. The van der Waals surface area contributed by atoms with Crippen LogP contribution >= 0.6 is 11.8 Å². The van der Waals surface area contributed by atoms with Gasteiger partial charge in [0.15, 0.2) is 0 Å². The van der Waals surface area contributed by atoms with Crippen LogP contribution in [-0.4, -0.2) is 30.2 Å². The Hall–Kier alpha value is -1.49. The number of carbonyl (C=O) groups excluding carboxylic acids is 2. The lowest BCUT2D eigenvalue weighted by molar-refractivity contribution is -0.119. The second kappa shape index (κ2) is 10.3. The number of hydrogen-bond donors (Lipinski definition) is 2. The largest absolute Gasteiger partial charge is 0.353 e. The van der Waals surface area contributed by atoms with Crippen molar-refractivity contribution in [2.75, 3.05) is 12.3 Å². The maximum Gasteiger partial charge on any atom is 0.252 e. The molecule has 0 unspecified atom stereocenters. The van der Waals surface area contributed by atoms with Gasteiger partial charge in [-0.25, -0.2) is 0 Å². The zero-order chi connectivity index (χ0) is 16.4. The first-order chi connectivity index (χ1) is 10.5. The van der Waals surface area contributed by atoms with Crippen LogP contribution in [0.2, 0.25) is 0 Å². The summed E-state index contributed by atoms with van der Waals surface area (Å²) in [6.07, 6.45) is 3.24. The van der Waals surface area contributed by atoms with E-state index in [4.69, 9.17) is 0 Å². The Morgan fingerprint density at radius 1 is 1.18 bits per heavy atom. The zero-order valence-corrected chi connectivity index (χ0v) is 14.5. The van der Waals surface area contributed by atoms with Gasteiger partial charge in [-0.15, -0.1) is 11.8 Å². The Bertz CT molecular complexity index is 489. The van der Waals surface area contributed by atoms with Gasteiger partial charge in [0, 0.05) is 17.5 Å². The highest BCUT2D eigenvalue weighted by Gasteiger charge is 2.12. The summed E-state index contributed by atoms with van der Waals surface area (Å²) in [5, 5.41) is 5.79. The van der Waals surface area contributed by atoms with E-state index in [9.17, 15) is 9.59 Å². The minimum absolute atomic E-state index is 0.0156. The number of thioether (sulfide) groups is 1. The first-order valence-electron chi connectivity index (χ1n) is 7.84. The van der Waals surface area contributed by atoms with Gasteiger partial charge in [0.2, 0.25) is 5.91 Å². The molecule has 0 saturated heterocycles. The Morgan fingerprint density at radius 3 is 2.59 bits per heavy atom. The van der Waals surface area contributed by atoms with Crippen LogP contribution in [0.3, 0.4) is 0 Å². The van der Waals surface area contributed by atoms with E-state index in [0.717, 1.165) is 24.2 Å². The number of nitrogens with one attached hydrogen (secondary N) is 2. The Labute approximate surface area is 137 Å². The minimum atomic E-state index is -0.0662. The van der Waals surface area contributed by atoms with Crippen molar-refractivity contribution in [3.05, 3.63) is 29.8 Å².